The summed E-state index contributed by atoms with van der Waals surface area (Å²) in [4.78, 5) is 23.6. The number of hydrogen-bond donors (Lipinski definition) is 2. The Morgan fingerprint density at radius 3 is 2.75 bits per heavy atom. The molecule has 110 valence electrons. The Morgan fingerprint density at radius 2 is 2.15 bits per heavy atom. The third kappa shape index (κ3) is 4.97. The summed E-state index contributed by atoms with van der Waals surface area (Å²) in [5, 5.41) is 11.6. The Labute approximate surface area is 122 Å². The molecule has 1 aromatic rings. The van der Waals surface area contributed by atoms with Crippen LogP contribution < -0.4 is 10.1 Å². The molecule has 2 N–H and O–H groups in total. The fraction of sp³-hybridized carbons (Fsp3) is 0.385. The van der Waals surface area contributed by atoms with E-state index < -0.39 is 12.0 Å². The number of carboxylic acids is 1. The maximum atomic E-state index is 11.9. The zero-order valence-electron chi connectivity index (χ0n) is 11.4. The van der Waals surface area contributed by atoms with E-state index in [-0.39, 0.29) is 13.0 Å². The molecular weight excluding hydrogens is 284 g/mol. The van der Waals surface area contributed by atoms with E-state index in [9.17, 15) is 9.59 Å². The summed E-state index contributed by atoms with van der Waals surface area (Å²) in [6.07, 6.45) is -0.114. The number of nitrogens with zero attached hydrogens (tertiary/aromatic N) is 1. The largest absolute Gasteiger partial charge is 0.494 e. The quantitative estimate of drug-likeness (QED) is 0.846. The van der Waals surface area contributed by atoms with Gasteiger partial charge in [0.1, 0.15) is 5.75 Å². The molecule has 1 rings (SSSR count). The lowest BCUT2D eigenvalue weighted by Gasteiger charge is -2.18. The molecule has 0 aliphatic carbocycles. The van der Waals surface area contributed by atoms with Crippen LogP contribution in [-0.4, -0.2) is 42.2 Å². The van der Waals surface area contributed by atoms with E-state index in [1.807, 2.05) is 6.92 Å². The fourth-order valence-electron chi connectivity index (χ4n) is 1.43. The molecule has 2 amide bonds. The van der Waals surface area contributed by atoms with Crippen molar-refractivity contribution in [2.45, 2.75) is 13.3 Å². The number of carboxylic acid groups (broad SMARTS) is 1. The summed E-state index contributed by atoms with van der Waals surface area (Å²) in [6, 6.07) is 4.52. The zero-order valence-corrected chi connectivity index (χ0v) is 12.1. The second-order valence-corrected chi connectivity index (χ2v) is 4.48. The SMILES string of the molecule is CCOc1ccc(Cl)c(NC(=O)N(C)CCC(=O)O)c1. The minimum Gasteiger partial charge on any atom is -0.494 e. The number of carbonyl (C=O) groups is 2. The lowest BCUT2D eigenvalue weighted by molar-refractivity contribution is -0.137. The molecule has 0 saturated carbocycles. The van der Waals surface area contributed by atoms with Gasteiger partial charge in [0, 0.05) is 19.7 Å². The minimum atomic E-state index is -0.957. The Morgan fingerprint density at radius 1 is 1.45 bits per heavy atom. The van der Waals surface area contributed by atoms with Crippen LogP contribution in [0, 0.1) is 0 Å². The molecule has 0 aliphatic rings. The van der Waals surface area contributed by atoms with Gasteiger partial charge in [0.25, 0.3) is 0 Å². The van der Waals surface area contributed by atoms with Crippen molar-refractivity contribution in [3.63, 3.8) is 0 Å². The van der Waals surface area contributed by atoms with Crippen molar-refractivity contribution in [3.8, 4) is 5.75 Å². The molecule has 0 atom stereocenters. The number of aliphatic carboxylic acids is 1. The van der Waals surface area contributed by atoms with Crippen LogP contribution in [0.3, 0.4) is 0 Å². The number of benzene rings is 1. The first-order valence-corrected chi connectivity index (χ1v) is 6.48. The van der Waals surface area contributed by atoms with Gasteiger partial charge in [0.05, 0.1) is 23.7 Å². The first kappa shape index (κ1) is 16.1. The highest BCUT2D eigenvalue weighted by molar-refractivity contribution is 6.33. The maximum Gasteiger partial charge on any atom is 0.321 e. The Bertz CT molecular complexity index is 493. The molecule has 1 aromatic carbocycles. The number of hydrogen-bond acceptors (Lipinski definition) is 3. The topological polar surface area (TPSA) is 78.9 Å². The van der Waals surface area contributed by atoms with E-state index in [0.29, 0.717) is 23.1 Å². The van der Waals surface area contributed by atoms with Crippen molar-refractivity contribution < 1.29 is 19.4 Å². The van der Waals surface area contributed by atoms with E-state index in [1.54, 1.807) is 18.2 Å². The van der Waals surface area contributed by atoms with E-state index in [1.165, 1.54) is 11.9 Å². The summed E-state index contributed by atoms with van der Waals surface area (Å²) >= 11 is 5.99. The predicted octanol–water partition coefficient (Wildman–Crippen LogP) is 2.68. The third-order valence-electron chi connectivity index (χ3n) is 2.50. The van der Waals surface area contributed by atoms with Gasteiger partial charge in [-0.05, 0) is 19.1 Å². The standard InChI is InChI=1S/C13H17ClN2O4/c1-3-20-9-4-5-10(14)11(8-9)15-13(19)16(2)7-6-12(17)18/h4-5,8H,3,6-7H2,1-2H3,(H,15,19)(H,17,18). The van der Waals surface area contributed by atoms with Crippen LogP contribution in [0.2, 0.25) is 5.02 Å². The highest BCUT2D eigenvalue weighted by Crippen LogP contribution is 2.27. The lowest BCUT2D eigenvalue weighted by atomic mass is 10.3. The molecule has 0 spiro atoms. The number of amides is 2. The number of ether oxygens (including phenoxy) is 1. The molecule has 0 aliphatic heterocycles. The summed E-state index contributed by atoms with van der Waals surface area (Å²) in [6.45, 7) is 2.48. The summed E-state index contributed by atoms with van der Waals surface area (Å²) in [5.74, 6) is -0.360. The molecule has 6 nitrogen and oxygen atoms in total. The number of nitrogens with one attached hydrogen (secondary N) is 1. The van der Waals surface area contributed by atoms with E-state index in [2.05, 4.69) is 5.32 Å². The maximum absolute atomic E-state index is 11.9. The van der Waals surface area contributed by atoms with Gasteiger partial charge in [0.15, 0.2) is 0 Å². The van der Waals surface area contributed by atoms with Gasteiger partial charge in [0.2, 0.25) is 0 Å². The fourth-order valence-corrected chi connectivity index (χ4v) is 1.60. The van der Waals surface area contributed by atoms with E-state index >= 15 is 0 Å². The summed E-state index contributed by atoms with van der Waals surface area (Å²) in [5.41, 5.74) is 0.421. The van der Waals surface area contributed by atoms with Crippen LogP contribution in [0.25, 0.3) is 0 Å². The average Bonchev–Trinajstić information content (AvgIpc) is 2.40. The minimum absolute atomic E-state index is 0.114. The van der Waals surface area contributed by atoms with Crippen LogP contribution in [0.15, 0.2) is 18.2 Å². The van der Waals surface area contributed by atoms with Crippen molar-refractivity contribution in [1.29, 1.82) is 0 Å². The second kappa shape index (κ2) is 7.59. The molecule has 7 heteroatoms. The van der Waals surface area contributed by atoms with Crippen molar-refractivity contribution in [1.82, 2.24) is 4.90 Å². The lowest BCUT2D eigenvalue weighted by Crippen LogP contribution is -2.33. The number of urea groups is 1. The summed E-state index contributed by atoms with van der Waals surface area (Å²) in [7, 11) is 1.51. The van der Waals surface area contributed by atoms with Crippen molar-refractivity contribution in [2.24, 2.45) is 0 Å². The molecule has 0 heterocycles. The van der Waals surface area contributed by atoms with Crippen molar-refractivity contribution in [3.05, 3.63) is 23.2 Å². The predicted molar refractivity (Wildman–Crippen MR) is 76.5 cm³/mol. The van der Waals surface area contributed by atoms with Crippen LogP contribution in [-0.2, 0) is 4.79 Å². The molecule has 0 radical (unpaired) electrons. The average molecular weight is 301 g/mol. The molecule has 0 unspecified atom stereocenters. The van der Waals surface area contributed by atoms with E-state index in [0.717, 1.165) is 0 Å². The van der Waals surface area contributed by atoms with Crippen LogP contribution in [0.1, 0.15) is 13.3 Å². The van der Waals surface area contributed by atoms with E-state index in [4.69, 9.17) is 21.4 Å². The van der Waals surface area contributed by atoms with Crippen LogP contribution >= 0.6 is 11.6 Å². The molecule has 0 aromatic heterocycles. The van der Waals surface area contributed by atoms with Crippen molar-refractivity contribution >= 4 is 29.3 Å². The van der Waals surface area contributed by atoms with Gasteiger partial charge in [-0.25, -0.2) is 4.79 Å². The van der Waals surface area contributed by atoms with Gasteiger partial charge in [-0.15, -0.1) is 0 Å². The van der Waals surface area contributed by atoms with Crippen LogP contribution in [0.4, 0.5) is 10.5 Å². The van der Waals surface area contributed by atoms with Gasteiger partial charge >= 0.3 is 12.0 Å². The summed E-state index contributed by atoms with van der Waals surface area (Å²) < 4.78 is 5.32. The highest BCUT2D eigenvalue weighted by Gasteiger charge is 2.12. The number of carbonyl (C=O) groups excluding carboxylic acids is 1. The number of rotatable bonds is 6. The molecule has 0 fully saturated rings. The second-order valence-electron chi connectivity index (χ2n) is 4.07. The molecule has 20 heavy (non-hydrogen) atoms. The highest BCUT2D eigenvalue weighted by atomic mass is 35.5. The van der Waals surface area contributed by atoms with Crippen LogP contribution in [0.5, 0.6) is 5.75 Å². The van der Waals surface area contributed by atoms with Gasteiger partial charge in [-0.1, -0.05) is 11.6 Å². The monoisotopic (exact) mass is 300 g/mol. The number of anilines is 1. The normalized spacial score (nSPS) is 9.95. The first-order valence-electron chi connectivity index (χ1n) is 6.10. The van der Waals surface area contributed by atoms with Crippen molar-refractivity contribution in [2.75, 3.05) is 25.5 Å². The van der Waals surface area contributed by atoms with Gasteiger partial charge in [-0.2, -0.15) is 0 Å². The third-order valence-corrected chi connectivity index (χ3v) is 2.83. The smallest absolute Gasteiger partial charge is 0.321 e. The molecule has 0 bridgehead atoms. The Hall–Kier alpha value is -1.95. The molecular formula is C13H17ClN2O4. The Kier molecular flexibility index (Phi) is 6.11. The first-order chi connectivity index (χ1) is 9.43. The Balaban J connectivity index is 2.69. The van der Waals surface area contributed by atoms with Gasteiger partial charge in [-0.3, -0.25) is 4.79 Å². The van der Waals surface area contributed by atoms with Gasteiger partial charge < -0.3 is 20.1 Å². The molecule has 0 saturated heterocycles. The zero-order chi connectivity index (χ0) is 15.1. The number of halogens is 1.